The Morgan fingerprint density at radius 3 is 3.11 bits per heavy atom. The van der Waals surface area contributed by atoms with Crippen molar-refractivity contribution in [3.05, 3.63) is 21.3 Å². The number of halogens is 1. The van der Waals surface area contributed by atoms with E-state index in [1.165, 1.54) is 5.56 Å². The zero-order valence-corrected chi connectivity index (χ0v) is 12.0. The fourth-order valence-electron chi connectivity index (χ4n) is 2.62. The summed E-state index contributed by atoms with van der Waals surface area (Å²) in [6, 6.07) is 2.34. The van der Waals surface area contributed by atoms with E-state index >= 15 is 0 Å². The molecule has 1 aliphatic rings. The zero-order chi connectivity index (χ0) is 13.1. The second-order valence-electron chi connectivity index (χ2n) is 4.96. The van der Waals surface area contributed by atoms with Gasteiger partial charge in [-0.05, 0) is 49.2 Å². The molecule has 2 unspecified atom stereocenters. The first-order valence-electron chi connectivity index (χ1n) is 6.26. The number of carboxylic acid groups (broad SMARTS) is 1. The highest BCUT2D eigenvalue weighted by atomic mass is 35.5. The third-order valence-corrected chi connectivity index (χ3v) is 4.74. The fraction of sp³-hybridized carbons (Fsp3) is 0.615. The Kier molecular flexibility index (Phi) is 4.65. The molecule has 1 aliphatic heterocycles. The standard InChI is InChI=1S/C13H18ClNO2S/c1-9(11-6-12(14)18-8-11)15-4-2-3-10(7-15)5-13(16)17/h6,8-10H,2-5,7H2,1H3,(H,16,17). The Morgan fingerprint density at radius 1 is 1.72 bits per heavy atom. The first-order valence-corrected chi connectivity index (χ1v) is 7.52. The van der Waals surface area contributed by atoms with E-state index in [2.05, 4.69) is 17.2 Å². The minimum Gasteiger partial charge on any atom is -0.481 e. The van der Waals surface area contributed by atoms with Crippen LogP contribution in [0.5, 0.6) is 0 Å². The van der Waals surface area contributed by atoms with Crippen LogP contribution in [0.2, 0.25) is 4.34 Å². The molecule has 0 spiro atoms. The van der Waals surface area contributed by atoms with Crippen molar-refractivity contribution in [2.24, 2.45) is 5.92 Å². The van der Waals surface area contributed by atoms with Crippen molar-refractivity contribution in [2.75, 3.05) is 13.1 Å². The Hall–Kier alpha value is -0.580. The Morgan fingerprint density at radius 2 is 2.50 bits per heavy atom. The molecule has 1 aromatic heterocycles. The van der Waals surface area contributed by atoms with Gasteiger partial charge in [0.1, 0.15) is 0 Å². The van der Waals surface area contributed by atoms with Crippen LogP contribution in [0.15, 0.2) is 11.4 Å². The predicted octanol–water partition coefficient (Wildman–Crippen LogP) is 3.65. The predicted molar refractivity (Wildman–Crippen MR) is 74.3 cm³/mol. The number of piperidine rings is 1. The summed E-state index contributed by atoms with van der Waals surface area (Å²) in [4.78, 5) is 13.2. The van der Waals surface area contributed by atoms with Gasteiger partial charge in [0, 0.05) is 19.0 Å². The fourth-order valence-corrected chi connectivity index (χ4v) is 3.59. The van der Waals surface area contributed by atoms with Crippen molar-refractivity contribution in [1.29, 1.82) is 0 Å². The molecule has 18 heavy (non-hydrogen) atoms. The SMILES string of the molecule is CC(c1csc(Cl)c1)N1CCCC(CC(=O)O)C1. The monoisotopic (exact) mass is 287 g/mol. The molecule has 0 saturated carbocycles. The van der Waals surface area contributed by atoms with Crippen molar-refractivity contribution >= 4 is 28.9 Å². The van der Waals surface area contributed by atoms with Crippen molar-refractivity contribution in [3.63, 3.8) is 0 Å². The van der Waals surface area contributed by atoms with E-state index in [0.29, 0.717) is 6.04 Å². The van der Waals surface area contributed by atoms with Gasteiger partial charge in [0.05, 0.1) is 4.34 Å². The lowest BCUT2D eigenvalue weighted by molar-refractivity contribution is -0.138. The van der Waals surface area contributed by atoms with Gasteiger partial charge in [-0.25, -0.2) is 0 Å². The molecule has 1 saturated heterocycles. The minimum absolute atomic E-state index is 0.285. The number of nitrogens with zero attached hydrogens (tertiary/aromatic N) is 1. The van der Waals surface area contributed by atoms with E-state index in [-0.39, 0.29) is 12.3 Å². The second-order valence-corrected chi connectivity index (χ2v) is 6.50. The van der Waals surface area contributed by atoms with Crippen LogP contribution in [0.4, 0.5) is 0 Å². The quantitative estimate of drug-likeness (QED) is 0.919. The maximum atomic E-state index is 10.8. The molecule has 1 fully saturated rings. The molecule has 0 aromatic carbocycles. The van der Waals surface area contributed by atoms with Crippen LogP contribution in [0.1, 0.15) is 37.8 Å². The van der Waals surface area contributed by atoms with Crippen molar-refractivity contribution in [2.45, 2.75) is 32.2 Å². The van der Waals surface area contributed by atoms with E-state index in [1.54, 1.807) is 11.3 Å². The first-order chi connectivity index (χ1) is 8.56. The molecule has 1 N–H and O–H groups in total. The number of rotatable bonds is 4. The number of carbonyl (C=O) groups is 1. The van der Waals surface area contributed by atoms with Crippen LogP contribution in [0.25, 0.3) is 0 Å². The summed E-state index contributed by atoms with van der Waals surface area (Å²) in [6.07, 6.45) is 2.40. The van der Waals surface area contributed by atoms with Crippen molar-refractivity contribution in [1.82, 2.24) is 4.90 Å². The number of hydrogen-bond acceptors (Lipinski definition) is 3. The Bertz CT molecular complexity index is 421. The minimum atomic E-state index is -0.687. The molecule has 2 rings (SSSR count). The van der Waals surface area contributed by atoms with Gasteiger partial charge in [-0.15, -0.1) is 11.3 Å². The number of likely N-dealkylation sites (tertiary alicyclic amines) is 1. The highest BCUT2D eigenvalue weighted by molar-refractivity contribution is 7.14. The second kappa shape index (κ2) is 6.04. The smallest absolute Gasteiger partial charge is 0.303 e. The highest BCUT2D eigenvalue weighted by Crippen LogP contribution is 2.31. The molecule has 100 valence electrons. The third kappa shape index (κ3) is 3.46. The molecule has 0 aliphatic carbocycles. The molecular weight excluding hydrogens is 270 g/mol. The van der Waals surface area contributed by atoms with Crippen LogP contribution >= 0.6 is 22.9 Å². The van der Waals surface area contributed by atoms with Gasteiger partial charge in [-0.3, -0.25) is 9.69 Å². The van der Waals surface area contributed by atoms with Crippen molar-refractivity contribution in [3.8, 4) is 0 Å². The lowest BCUT2D eigenvalue weighted by Crippen LogP contribution is -2.37. The molecule has 5 heteroatoms. The zero-order valence-electron chi connectivity index (χ0n) is 10.4. The van der Waals surface area contributed by atoms with E-state index < -0.39 is 5.97 Å². The molecular formula is C13H18ClNO2S. The summed E-state index contributed by atoms with van der Waals surface area (Å²) in [5.74, 6) is -0.402. The maximum absolute atomic E-state index is 10.8. The summed E-state index contributed by atoms with van der Waals surface area (Å²) in [7, 11) is 0. The summed E-state index contributed by atoms with van der Waals surface area (Å²) >= 11 is 7.52. The molecule has 2 heterocycles. The molecule has 0 bridgehead atoms. The summed E-state index contributed by atoms with van der Waals surface area (Å²) < 4.78 is 0.816. The van der Waals surface area contributed by atoms with Gasteiger partial charge in [-0.1, -0.05) is 11.6 Å². The van der Waals surface area contributed by atoms with Gasteiger partial charge in [-0.2, -0.15) is 0 Å². The maximum Gasteiger partial charge on any atom is 0.303 e. The van der Waals surface area contributed by atoms with Crippen LogP contribution < -0.4 is 0 Å². The lowest BCUT2D eigenvalue weighted by atomic mass is 9.93. The molecule has 0 radical (unpaired) electrons. The number of aliphatic carboxylic acids is 1. The van der Waals surface area contributed by atoms with Crippen LogP contribution in [-0.2, 0) is 4.79 Å². The van der Waals surface area contributed by atoms with E-state index in [0.717, 1.165) is 30.3 Å². The number of hydrogen-bond donors (Lipinski definition) is 1. The average molecular weight is 288 g/mol. The largest absolute Gasteiger partial charge is 0.481 e. The Labute approximate surface area is 116 Å². The average Bonchev–Trinajstić information content (AvgIpc) is 2.74. The Balaban J connectivity index is 1.97. The highest BCUT2D eigenvalue weighted by Gasteiger charge is 2.26. The third-order valence-electron chi connectivity index (χ3n) is 3.63. The number of thiophene rings is 1. The van der Waals surface area contributed by atoms with Gasteiger partial charge >= 0.3 is 5.97 Å². The van der Waals surface area contributed by atoms with Gasteiger partial charge in [0.25, 0.3) is 0 Å². The summed E-state index contributed by atoms with van der Waals surface area (Å²) in [6.45, 7) is 4.09. The van der Waals surface area contributed by atoms with E-state index in [4.69, 9.17) is 16.7 Å². The normalized spacial score (nSPS) is 22.9. The van der Waals surface area contributed by atoms with Crippen molar-refractivity contribution < 1.29 is 9.90 Å². The number of carboxylic acids is 1. The van der Waals surface area contributed by atoms with Crippen LogP contribution in [0.3, 0.4) is 0 Å². The first kappa shape index (κ1) is 13.8. The van der Waals surface area contributed by atoms with E-state index in [9.17, 15) is 4.79 Å². The molecule has 2 atom stereocenters. The van der Waals surface area contributed by atoms with Gasteiger partial charge in [0.15, 0.2) is 0 Å². The molecule has 3 nitrogen and oxygen atoms in total. The molecule has 1 aromatic rings. The summed E-state index contributed by atoms with van der Waals surface area (Å²) in [5.41, 5.74) is 1.24. The van der Waals surface area contributed by atoms with Gasteiger partial charge < -0.3 is 5.11 Å². The topological polar surface area (TPSA) is 40.5 Å². The lowest BCUT2D eigenvalue weighted by Gasteiger charge is -2.36. The summed E-state index contributed by atoms with van der Waals surface area (Å²) in [5, 5.41) is 11.0. The van der Waals surface area contributed by atoms with Crippen LogP contribution in [-0.4, -0.2) is 29.1 Å². The molecule has 0 amide bonds. The van der Waals surface area contributed by atoms with Crippen LogP contribution in [0, 0.1) is 5.92 Å². The van der Waals surface area contributed by atoms with E-state index in [1.807, 2.05) is 6.07 Å². The van der Waals surface area contributed by atoms with Gasteiger partial charge in [0.2, 0.25) is 0 Å².